The highest BCUT2D eigenvalue weighted by Gasteiger charge is 2.20. The predicted octanol–water partition coefficient (Wildman–Crippen LogP) is 1.52. The van der Waals surface area contributed by atoms with E-state index in [2.05, 4.69) is 30.5 Å². The van der Waals surface area contributed by atoms with Gasteiger partial charge in [0.15, 0.2) is 17.3 Å². The normalized spacial score (nSPS) is 11.3. The van der Waals surface area contributed by atoms with Gasteiger partial charge in [-0.15, -0.1) is 0 Å². The molecule has 0 aliphatic rings. The number of aromatic nitrogens is 4. The van der Waals surface area contributed by atoms with E-state index in [-0.39, 0.29) is 23.8 Å². The Morgan fingerprint density at radius 3 is 2.79 bits per heavy atom. The molecular weight excluding hydrogens is 362 g/mol. The van der Waals surface area contributed by atoms with Gasteiger partial charge in [0.2, 0.25) is 0 Å². The first-order chi connectivity index (χ1) is 13.6. The average Bonchev–Trinajstić information content (AvgIpc) is 3.27. The Hall–Kier alpha value is -4.21. The number of para-hydroxylation sites is 3. The summed E-state index contributed by atoms with van der Waals surface area (Å²) in [5.74, 6) is 0.109. The summed E-state index contributed by atoms with van der Waals surface area (Å²) >= 11 is 0. The second kappa shape index (κ2) is 7.19. The number of benzene rings is 2. The summed E-state index contributed by atoms with van der Waals surface area (Å²) < 4.78 is 6.30. The summed E-state index contributed by atoms with van der Waals surface area (Å²) in [5, 5.41) is 20.9. The number of carbonyl (C=O) groups excluding carboxylic acids is 1. The number of phenols is 1. The number of carbonyl (C=O) groups is 1. The standard InChI is InChI=1S/C18H15N7O3/c19-17-16(23-28-24-17)18-21-12-6-2-3-7-13(12)25(18)10-15(27)22-20-9-11-5-1-4-8-14(11)26/h1-9,26H,10H2,(H2,19,24)(H,22,27)/b20-9-. The van der Waals surface area contributed by atoms with Crippen LogP contribution in [0.25, 0.3) is 22.6 Å². The van der Waals surface area contributed by atoms with Gasteiger partial charge in [-0.05, 0) is 34.6 Å². The van der Waals surface area contributed by atoms with Crippen molar-refractivity contribution in [3.63, 3.8) is 0 Å². The van der Waals surface area contributed by atoms with Crippen molar-refractivity contribution in [3.8, 4) is 17.3 Å². The molecule has 28 heavy (non-hydrogen) atoms. The quantitative estimate of drug-likeness (QED) is 0.353. The lowest BCUT2D eigenvalue weighted by Crippen LogP contribution is -2.23. The zero-order valence-corrected chi connectivity index (χ0v) is 14.5. The Labute approximate surface area is 158 Å². The van der Waals surface area contributed by atoms with Crippen LogP contribution in [0.3, 0.4) is 0 Å². The number of hydrogen-bond acceptors (Lipinski definition) is 8. The molecule has 0 atom stereocenters. The highest BCUT2D eigenvalue weighted by atomic mass is 16.6. The third-order valence-electron chi connectivity index (χ3n) is 4.01. The topological polar surface area (TPSA) is 144 Å². The molecule has 0 saturated heterocycles. The molecule has 0 unspecified atom stereocenters. The summed E-state index contributed by atoms with van der Waals surface area (Å²) in [6.45, 7) is -0.0831. The third-order valence-corrected chi connectivity index (χ3v) is 4.01. The number of nitrogens with zero attached hydrogens (tertiary/aromatic N) is 5. The Balaban J connectivity index is 1.60. The van der Waals surface area contributed by atoms with Gasteiger partial charge in [-0.1, -0.05) is 24.3 Å². The smallest absolute Gasteiger partial charge is 0.260 e. The van der Waals surface area contributed by atoms with Crippen LogP contribution in [0, 0.1) is 0 Å². The zero-order chi connectivity index (χ0) is 19.5. The fraction of sp³-hybridized carbons (Fsp3) is 0.0556. The number of amides is 1. The Morgan fingerprint density at radius 1 is 1.21 bits per heavy atom. The molecule has 0 bridgehead atoms. The van der Waals surface area contributed by atoms with Crippen LogP contribution in [-0.2, 0) is 11.3 Å². The van der Waals surface area contributed by atoms with E-state index >= 15 is 0 Å². The molecule has 2 aromatic heterocycles. The van der Waals surface area contributed by atoms with Crippen LogP contribution in [-0.4, -0.2) is 37.1 Å². The minimum Gasteiger partial charge on any atom is -0.507 e. The number of hydrogen-bond donors (Lipinski definition) is 3. The molecule has 0 aliphatic heterocycles. The van der Waals surface area contributed by atoms with Crippen molar-refractivity contribution < 1.29 is 14.5 Å². The Kier molecular flexibility index (Phi) is 4.42. The van der Waals surface area contributed by atoms with Gasteiger partial charge >= 0.3 is 0 Å². The van der Waals surface area contributed by atoms with Gasteiger partial charge in [0.1, 0.15) is 12.3 Å². The lowest BCUT2D eigenvalue weighted by Gasteiger charge is -2.06. The molecule has 0 spiro atoms. The predicted molar refractivity (Wildman–Crippen MR) is 101 cm³/mol. The SMILES string of the molecule is Nc1nonc1-c1nc2ccccc2n1CC(=O)N/N=C\c1ccccc1O. The van der Waals surface area contributed by atoms with Crippen LogP contribution in [0.15, 0.2) is 58.3 Å². The molecule has 4 N–H and O–H groups in total. The number of nitrogen functional groups attached to an aromatic ring is 1. The highest BCUT2D eigenvalue weighted by molar-refractivity contribution is 5.87. The maximum atomic E-state index is 12.4. The van der Waals surface area contributed by atoms with Crippen molar-refractivity contribution in [1.82, 2.24) is 25.3 Å². The van der Waals surface area contributed by atoms with Crippen LogP contribution in [0.2, 0.25) is 0 Å². The number of nitrogens with one attached hydrogen (secondary N) is 1. The summed E-state index contributed by atoms with van der Waals surface area (Å²) in [6.07, 6.45) is 1.36. The lowest BCUT2D eigenvalue weighted by molar-refractivity contribution is -0.121. The molecule has 10 heteroatoms. The molecule has 0 fully saturated rings. The maximum absolute atomic E-state index is 12.4. The highest BCUT2D eigenvalue weighted by Crippen LogP contribution is 2.26. The van der Waals surface area contributed by atoms with Crippen LogP contribution in [0.1, 0.15) is 5.56 Å². The minimum atomic E-state index is -0.397. The molecule has 140 valence electrons. The van der Waals surface area contributed by atoms with Crippen LogP contribution in [0.4, 0.5) is 5.82 Å². The van der Waals surface area contributed by atoms with Crippen molar-refractivity contribution in [2.24, 2.45) is 5.10 Å². The minimum absolute atomic E-state index is 0.0670. The third kappa shape index (κ3) is 3.26. The Bertz CT molecular complexity index is 1180. The molecule has 4 aromatic rings. The van der Waals surface area contributed by atoms with Crippen molar-refractivity contribution >= 4 is 29.0 Å². The summed E-state index contributed by atoms with van der Waals surface area (Å²) in [5.41, 5.74) is 10.3. The van der Waals surface area contributed by atoms with E-state index in [0.29, 0.717) is 16.9 Å². The van der Waals surface area contributed by atoms with Crippen molar-refractivity contribution in [1.29, 1.82) is 0 Å². The molecule has 0 radical (unpaired) electrons. The van der Waals surface area contributed by atoms with Crippen LogP contribution >= 0.6 is 0 Å². The van der Waals surface area contributed by atoms with Crippen molar-refractivity contribution in [2.75, 3.05) is 5.73 Å². The molecule has 0 aliphatic carbocycles. The van der Waals surface area contributed by atoms with Crippen molar-refractivity contribution in [2.45, 2.75) is 6.54 Å². The fourth-order valence-corrected chi connectivity index (χ4v) is 2.72. The number of fused-ring (bicyclic) bond motifs is 1. The van der Waals surface area contributed by atoms with Gasteiger partial charge < -0.3 is 15.4 Å². The van der Waals surface area contributed by atoms with Crippen LogP contribution < -0.4 is 11.2 Å². The van der Waals surface area contributed by atoms with Crippen LogP contribution in [0.5, 0.6) is 5.75 Å². The first kappa shape index (κ1) is 17.2. The van der Waals surface area contributed by atoms with E-state index in [1.165, 1.54) is 12.3 Å². The lowest BCUT2D eigenvalue weighted by atomic mass is 10.2. The van der Waals surface area contributed by atoms with Gasteiger partial charge in [0, 0.05) is 5.56 Å². The molecular formula is C18H15N7O3. The number of anilines is 1. The van der Waals surface area contributed by atoms with Gasteiger partial charge in [-0.2, -0.15) is 5.10 Å². The molecule has 2 aromatic carbocycles. The van der Waals surface area contributed by atoms with E-state index in [4.69, 9.17) is 5.73 Å². The second-order valence-electron chi connectivity index (χ2n) is 5.86. The first-order valence-electron chi connectivity index (χ1n) is 8.27. The maximum Gasteiger partial charge on any atom is 0.260 e. The summed E-state index contributed by atoms with van der Waals surface area (Å²) in [4.78, 5) is 16.9. The van der Waals surface area contributed by atoms with Gasteiger partial charge in [0.25, 0.3) is 5.91 Å². The molecule has 1 amide bonds. The largest absolute Gasteiger partial charge is 0.507 e. The number of phenolic OH excluding ortho intramolecular Hbond substituents is 1. The molecule has 10 nitrogen and oxygen atoms in total. The van der Waals surface area contributed by atoms with E-state index in [9.17, 15) is 9.90 Å². The van der Waals surface area contributed by atoms with Gasteiger partial charge in [0.05, 0.1) is 17.2 Å². The van der Waals surface area contributed by atoms with Gasteiger partial charge in [-0.3, -0.25) is 4.79 Å². The molecule has 4 rings (SSSR count). The fourth-order valence-electron chi connectivity index (χ4n) is 2.72. The zero-order valence-electron chi connectivity index (χ0n) is 14.5. The summed E-state index contributed by atoms with van der Waals surface area (Å²) in [7, 11) is 0. The van der Waals surface area contributed by atoms with E-state index in [0.717, 1.165) is 5.52 Å². The monoisotopic (exact) mass is 377 g/mol. The second-order valence-corrected chi connectivity index (χ2v) is 5.86. The number of aromatic hydroxyl groups is 1. The number of nitrogens with two attached hydrogens (primary N) is 1. The van der Waals surface area contributed by atoms with E-state index in [1.807, 2.05) is 24.3 Å². The first-order valence-corrected chi connectivity index (χ1v) is 8.27. The average molecular weight is 377 g/mol. The molecule has 2 heterocycles. The number of hydrazone groups is 1. The number of imidazole rings is 1. The van der Waals surface area contributed by atoms with Gasteiger partial charge in [-0.25, -0.2) is 15.0 Å². The summed E-state index contributed by atoms with van der Waals surface area (Å²) in [6, 6.07) is 14.0. The number of rotatable bonds is 5. The van der Waals surface area contributed by atoms with E-state index < -0.39 is 5.91 Å². The molecule has 0 saturated carbocycles. The van der Waals surface area contributed by atoms with Crippen molar-refractivity contribution in [3.05, 3.63) is 54.1 Å². The Morgan fingerprint density at radius 2 is 2.00 bits per heavy atom. The van der Waals surface area contributed by atoms with E-state index in [1.54, 1.807) is 22.8 Å².